The van der Waals surface area contributed by atoms with Gasteiger partial charge in [0.1, 0.15) is 4.90 Å². The average molecular weight is 273 g/mol. The van der Waals surface area contributed by atoms with Crippen molar-refractivity contribution in [2.24, 2.45) is 5.84 Å². The second-order valence-corrected chi connectivity index (χ2v) is 5.87. The first-order valence-corrected chi connectivity index (χ1v) is 6.95. The van der Waals surface area contributed by atoms with E-state index in [0.29, 0.717) is 13.0 Å². The largest absolute Gasteiger partial charge is 0.395 e. The predicted octanol–water partition coefficient (Wildman–Crippen LogP) is -1.09. The number of hydrazine groups is 1. The van der Waals surface area contributed by atoms with E-state index in [0.717, 1.165) is 6.42 Å². The molecule has 0 spiro atoms. The molecule has 1 saturated heterocycles. The van der Waals surface area contributed by atoms with Gasteiger partial charge < -0.3 is 5.11 Å². The van der Waals surface area contributed by atoms with Crippen LogP contribution in [-0.2, 0) is 10.0 Å². The molecule has 0 amide bonds. The fourth-order valence-corrected chi connectivity index (χ4v) is 3.54. The Kier molecular flexibility index (Phi) is 3.76. The Morgan fingerprint density at radius 2 is 2.17 bits per heavy atom. The molecule has 1 aliphatic rings. The Morgan fingerprint density at radius 3 is 2.72 bits per heavy atom. The molecular weight excluding hydrogens is 258 g/mol. The number of nitrogen functional groups attached to an aromatic ring is 1. The van der Waals surface area contributed by atoms with Crippen LogP contribution in [0.2, 0.25) is 0 Å². The van der Waals surface area contributed by atoms with E-state index >= 15 is 0 Å². The van der Waals surface area contributed by atoms with Crippen LogP contribution in [0.5, 0.6) is 0 Å². The van der Waals surface area contributed by atoms with Crippen LogP contribution in [0.3, 0.4) is 0 Å². The van der Waals surface area contributed by atoms with Gasteiger partial charge in [0.25, 0.3) is 0 Å². The number of aliphatic hydroxyl groups excluding tert-OH is 1. The molecule has 1 aromatic heterocycles. The summed E-state index contributed by atoms with van der Waals surface area (Å²) in [6, 6.07) is -0.359. The van der Waals surface area contributed by atoms with Crippen LogP contribution < -0.4 is 11.3 Å². The van der Waals surface area contributed by atoms with Gasteiger partial charge >= 0.3 is 0 Å². The maximum Gasteiger partial charge on any atom is 0.246 e. The Balaban J connectivity index is 2.29. The van der Waals surface area contributed by atoms with Crippen LogP contribution in [-0.4, -0.2) is 47.0 Å². The highest BCUT2D eigenvalue weighted by Crippen LogP contribution is 2.25. The van der Waals surface area contributed by atoms with Crippen molar-refractivity contribution in [1.82, 2.24) is 14.3 Å². The number of aromatic nitrogens is 2. The van der Waals surface area contributed by atoms with Gasteiger partial charge in [-0.3, -0.25) is 5.43 Å². The summed E-state index contributed by atoms with van der Waals surface area (Å²) in [4.78, 5) is 7.54. The van der Waals surface area contributed by atoms with Gasteiger partial charge in [-0.15, -0.1) is 0 Å². The zero-order valence-corrected chi connectivity index (χ0v) is 10.5. The second-order valence-electron chi connectivity index (χ2n) is 3.98. The van der Waals surface area contributed by atoms with Crippen LogP contribution in [0.15, 0.2) is 17.3 Å². The van der Waals surface area contributed by atoms with E-state index in [9.17, 15) is 8.42 Å². The first kappa shape index (κ1) is 13.1. The molecule has 8 nitrogen and oxygen atoms in total. The Bertz CT molecular complexity index is 503. The summed E-state index contributed by atoms with van der Waals surface area (Å²) in [6.07, 6.45) is 3.81. The third kappa shape index (κ3) is 2.29. The van der Waals surface area contributed by atoms with E-state index in [1.807, 2.05) is 0 Å². The predicted molar refractivity (Wildman–Crippen MR) is 63.8 cm³/mol. The van der Waals surface area contributed by atoms with Crippen molar-refractivity contribution < 1.29 is 13.5 Å². The normalized spacial score (nSPS) is 21.1. The lowest BCUT2D eigenvalue weighted by Crippen LogP contribution is -2.37. The van der Waals surface area contributed by atoms with Gasteiger partial charge in [0.2, 0.25) is 16.0 Å². The van der Waals surface area contributed by atoms with Crippen molar-refractivity contribution >= 4 is 16.0 Å². The minimum absolute atomic E-state index is 0.00171. The van der Waals surface area contributed by atoms with Gasteiger partial charge in [-0.05, 0) is 12.8 Å². The molecule has 1 aromatic rings. The monoisotopic (exact) mass is 273 g/mol. The van der Waals surface area contributed by atoms with Crippen LogP contribution in [0.25, 0.3) is 0 Å². The number of aliphatic hydroxyl groups is 1. The molecule has 100 valence electrons. The molecule has 0 radical (unpaired) electrons. The van der Waals surface area contributed by atoms with Crippen LogP contribution in [0.1, 0.15) is 12.8 Å². The molecule has 18 heavy (non-hydrogen) atoms. The summed E-state index contributed by atoms with van der Waals surface area (Å²) in [7, 11) is -3.65. The minimum Gasteiger partial charge on any atom is -0.395 e. The number of sulfonamides is 1. The molecule has 0 aliphatic carbocycles. The van der Waals surface area contributed by atoms with E-state index in [-0.39, 0.29) is 23.5 Å². The lowest BCUT2D eigenvalue weighted by Gasteiger charge is -2.21. The minimum atomic E-state index is -3.65. The van der Waals surface area contributed by atoms with E-state index in [4.69, 9.17) is 10.9 Å². The molecule has 9 heteroatoms. The molecule has 2 rings (SSSR count). The van der Waals surface area contributed by atoms with Crippen LogP contribution >= 0.6 is 0 Å². The number of hydrogen-bond donors (Lipinski definition) is 3. The number of rotatable bonds is 4. The van der Waals surface area contributed by atoms with Gasteiger partial charge in [0, 0.05) is 12.6 Å². The third-order valence-electron chi connectivity index (χ3n) is 2.90. The van der Waals surface area contributed by atoms with Crippen molar-refractivity contribution in [3.63, 3.8) is 0 Å². The maximum absolute atomic E-state index is 12.3. The van der Waals surface area contributed by atoms with Gasteiger partial charge in [-0.25, -0.2) is 24.2 Å². The molecule has 2 heterocycles. The van der Waals surface area contributed by atoms with Crippen molar-refractivity contribution in [1.29, 1.82) is 0 Å². The summed E-state index contributed by atoms with van der Waals surface area (Å²) >= 11 is 0. The number of nitrogens with zero attached hydrogens (tertiary/aromatic N) is 3. The smallest absolute Gasteiger partial charge is 0.246 e. The van der Waals surface area contributed by atoms with Crippen molar-refractivity contribution in [2.45, 2.75) is 23.8 Å². The first-order valence-electron chi connectivity index (χ1n) is 5.51. The Morgan fingerprint density at radius 1 is 1.50 bits per heavy atom. The zero-order chi connectivity index (χ0) is 13.2. The Labute approximate surface area is 105 Å². The zero-order valence-electron chi connectivity index (χ0n) is 9.65. The molecule has 0 saturated carbocycles. The number of anilines is 1. The molecule has 0 aromatic carbocycles. The van der Waals surface area contributed by atoms with E-state index in [1.54, 1.807) is 0 Å². The lowest BCUT2D eigenvalue weighted by molar-refractivity contribution is 0.213. The number of hydrogen-bond acceptors (Lipinski definition) is 7. The van der Waals surface area contributed by atoms with Gasteiger partial charge in [0.15, 0.2) is 0 Å². The molecule has 1 atom stereocenters. The van der Waals surface area contributed by atoms with Gasteiger partial charge in [-0.2, -0.15) is 4.31 Å². The fraction of sp³-hybridized carbons (Fsp3) is 0.556. The highest BCUT2D eigenvalue weighted by molar-refractivity contribution is 7.89. The van der Waals surface area contributed by atoms with Crippen LogP contribution in [0.4, 0.5) is 5.95 Å². The summed E-state index contributed by atoms with van der Waals surface area (Å²) in [5, 5.41) is 9.16. The van der Waals surface area contributed by atoms with Crippen molar-refractivity contribution in [3.05, 3.63) is 12.4 Å². The molecule has 1 unspecified atom stereocenters. The van der Waals surface area contributed by atoms with Gasteiger partial charge in [-0.1, -0.05) is 0 Å². The summed E-state index contributed by atoms with van der Waals surface area (Å²) in [5.74, 6) is 5.25. The fourth-order valence-electron chi connectivity index (χ4n) is 1.97. The standard InChI is InChI=1S/C9H15N5O3S/c10-13-9-11-4-8(5-12-9)18(16,17)14-3-1-2-7(14)6-15/h4-5,7,15H,1-3,6,10H2,(H,11,12,13). The first-order chi connectivity index (χ1) is 8.59. The number of nitrogens with one attached hydrogen (secondary N) is 1. The average Bonchev–Trinajstić information content (AvgIpc) is 2.88. The summed E-state index contributed by atoms with van der Waals surface area (Å²) < 4.78 is 25.9. The third-order valence-corrected chi connectivity index (χ3v) is 4.80. The Hall–Kier alpha value is -1.29. The number of nitrogens with two attached hydrogens (primary N) is 1. The van der Waals surface area contributed by atoms with E-state index in [1.165, 1.54) is 16.7 Å². The van der Waals surface area contributed by atoms with Crippen molar-refractivity contribution in [3.8, 4) is 0 Å². The van der Waals surface area contributed by atoms with E-state index in [2.05, 4.69) is 15.4 Å². The molecule has 1 fully saturated rings. The highest BCUT2D eigenvalue weighted by atomic mass is 32.2. The lowest BCUT2D eigenvalue weighted by atomic mass is 10.2. The second kappa shape index (κ2) is 5.14. The molecular formula is C9H15N5O3S. The summed E-state index contributed by atoms with van der Waals surface area (Å²) in [6.45, 7) is 0.229. The summed E-state index contributed by atoms with van der Waals surface area (Å²) in [5.41, 5.74) is 2.22. The molecule has 1 aliphatic heterocycles. The van der Waals surface area contributed by atoms with E-state index < -0.39 is 10.0 Å². The topological polar surface area (TPSA) is 121 Å². The maximum atomic E-state index is 12.3. The SMILES string of the molecule is NNc1ncc(S(=O)(=O)N2CCCC2CO)cn1. The van der Waals surface area contributed by atoms with Gasteiger partial charge in [0.05, 0.1) is 19.0 Å². The molecule has 0 bridgehead atoms. The van der Waals surface area contributed by atoms with Crippen molar-refractivity contribution in [2.75, 3.05) is 18.6 Å². The van der Waals surface area contributed by atoms with Crippen LogP contribution in [0, 0.1) is 0 Å². The highest BCUT2D eigenvalue weighted by Gasteiger charge is 2.35. The quantitative estimate of drug-likeness (QED) is 0.470. The molecule has 4 N–H and O–H groups in total.